The van der Waals surface area contributed by atoms with Crippen molar-refractivity contribution in [2.45, 2.75) is 53.4 Å². The van der Waals surface area contributed by atoms with Crippen molar-refractivity contribution in [3.8, 4) is 5.69 Å². The Labute approximate surface area is 217 Å². The number of nitrogens with zero attached hydrogens (tertiary/aromatic N) is 4. The molecule has 196 valence electrons. The number of nitro groups is 1. The minimum absolute atomic E-state index is 0.170. The van der Waals surface area contributed by atoms with Crippen molar-refractivity contribution in [1.29, 1.82) is 0 Å². The minimum Gasteiger partial charge on any atom is -0.329 e. The Hall–Kier alpha value is -4.01. The molecule has 3 aromatic rings. The first-order valence-corrected chi connectivity index (χ1v) is 12.4. The number of nitro benzene ring substituents is 1. The average molecular weight is 506 g/mol. The number of para-hydroxylation sites is 1. The molecule has 1 aromatic heterocycles. The summed E-state index contributed by atoms with van der Waals surface area (Å²) >= 11 is 0. The molecule has 0 fully saturated rings. The molecule has 0 saturated carbocycles. The molecule has 0 saturated heterocycles. The highest BCUT2D eigenvalue weighted by Gasteiger charge is 2.24. The fraction of sp³-hybridized carbons (Fsp3) is 0.393. The number of hydrogen-bond acceptors (Lipinski definition) is 5. The predicted molar refractivity (Wildman–Crippen MR) is 144 cm³/mol. The molecule has 0 spiro atoms. The molecule has 3 rings (SSSR count). The lowest BCUT2D eigenvalue weighted by Gasteiger charge is -2.23. The first-order chi connectivity index (χ1) is 17.4. The van der Waals surface area contributed by atoms with Crippen LogP contribution in [0.5, 0.6) is 0 Å². The third kappa shape index (κ3) is 7.03. The smallest absolute Gasteiger partial charge is 0.270 e. The van der Waals surface area contributed by atoms with E-state index < -0.39 is 10.8 Å². The number of nitrogens with one attached hydrogen (secondary N) is 1. The molecule has 2 amide bonds. The maximum Gasteiger partial charge on any atom is 0.270 e. The van der Waals surface area contributed by atoms with Gasteiger partial charge in [0.15, 0.2) is 0 Å². The summed E-state index contributed by atoms with van der Waals surface area (Å²) in [6.45, 7) is 12.3. The van der Waals surface area contributed by atoms with E-state index in [0.29, 0.717) is 24.7 Å². The molecule has 0 aliphatic rings. The van der Waals surface area contributed by atoms with Crippen molar-refractivity contribution in [3.05, 3.63) is 81.5 Å². The molecule has 1 heterocycles. The number of non-ortho nitro benzene ring substituents is 1. The highest BCUT2D eigenvalue weighted by Crippen LogP contribution is 2.27. The van der Waals surface area contributed by atoms with Gasteiger partial charge in [0, 0.05) is 35.7 Å². The van der Waals surface area contributed by atoms with Crippen LogP contribution in [0.15, 0.2) is 54.6 Å². The van der Waals surface area contributed by atoms with Crippen LogP contribution in [0.25, 0.3) is 5.69 Å². The van der Waals surface area contributed by atoms with E-state index in [4.69, 9.17) is 5.10 Å². The van der Waals surface area contributed by atoms with Crippen molar-refractivity contribution in [2.75, 3.05) is 18.4 Å². The van der Waals surface area contributed by atoms with Crippen LogP contribution in [0.2, 0.25) is 0 Å². The third-order valence-corrected chi connectivity index (χ3v) is 5.99. The summed E-state index contributed by atoms with van der Waals surface area (Å²) < 4.78 is 1.72. The highest BCUT2D eigenvalue weighted by molar-refractivity contribution is 5.99. The Morgan fingerprint density at radius 1 is 1.11 bits per heavy atom. The number of carbonyl (C=O) groups is 2. The Kier molecular flexibility index (Phi) is 8.47. The van der Waals surface area contributed by atoms with Crippen LogP contribution in [-0.4, -0.2) is 44.5 Å². The zero-order valence-electron chi connectivity index (χ0n) is 22.3. The van der Waals surface area contributed by atoms with Gasteiger partial charge in [-0.3, -0.25) is 19.7 Å². The van der Waals surface area contributed by atoms with E-state index in [9.17, 15) is 19.7 Å². The summed E-state index contributed by atoms with van der Waals surface area (Å²) in [5, 5.41) is 18.9. The average Bonchev–Trinajstić information content (AvgIpc) is 3.25. The van der Waals surface area contributed by atoms with Crippen LogP contribution in [0.4, 0.5) is 11.5 Å². The summed E-state index contributed by atoms with van der Waals surface area (Å²) in [5.74, 6) is 0.0103. The van der Waals surface area contributed by atoms with E-state index in [1.807, 2.05) is 51.1 Å². The fourth-order valence-corrected chi connectivity index (χ4v) is 3.78. The van der Waals surface area contributed by atoms with Gasteiger partial charge < -0.3 is 10.2 Å². The number of hydrogen-bond donors (Lipinski definition) is 1. The van der Waals surface area contributed by atoms with Crippen LogP contribution in [0, 0.1) is 23.0 Å². The van der Waals surface area contributed by atoms with Gasteiger partial charge in [0.1, 0.15) is 12.4 Å². The molecule has 0 aliphatic heterocycles. The topological polar surface area (TPSA) is 110 Å². The molecule has 9 heteroatoms. The zero-order chi connectivity index (χ0) is 27.3. The lowest BCUT2D eigenvalue weighted by molar-refractivity contribution is -0.384. The fourth-order valence-electron chi connectivity index (χ4n) is 3.78. The summed E-state index contributed by atoms with van der Waals surface area (Å²) in [5.41, 5.74) is 2.42. The molecule has 0 radical (unpaired) electrons. The maximum absolute atomic E-state index is 13.3. The first-order valence-electron chi connectivity index (χ1n) is 12.4. The Morgan fingerprint density at radius 2 is 1.81 bits per heavy atom. The van der Waals surface area contributed by atoms with Gasteiger partial charge in [0.2, 0.25) is 5.91 Å². The van der Waals surface area contributed by atoms with Crippen LogP contribution in [-0.2, 0) is 10.2 Å². The number of aromatic nitrogens is 2. The molecular formula is C28H35N5O4. The third-order valence-electron chi connectivity index (χ3n) is 5.99. The predicted octanol–water partition coefficient (Wildman–Crippen LogP) is 5.51. The summed E-state index contributed by atoms with van der Waals surface area (Å²) in [7, 11) is 0. The van der Waals surface area contributed by atoms with E-state index >= 15 is 0 Å². The van der Waals surface area contributed by atoms with Crippen LogP contribution in [0.3, 0.4) is 0 Å². The number of rotatable bonds is 9. The summed E-state index contributed by atoms with van der Waals surface area (Å²) in [6.07, 6.45) is 0.684. The van der Waals surface area contributed by atoms with Crippen molar-refractivity contribution < 1.29 is 14.5 Å². The van der Waals surface area contributed by atoms with E-state index in [-0.39, 0.29) is 29.1 Å². The van der Waals surface area contributed by atoms with Gasteiger partial charge in [0.05, 0.1) is 16.3 Å². The number of anilines is 1. The second-order valence-electron chi connectivity index (χ2n) is 10.6. The van der Waals surface area contributed by atoms with Crippen molar-refractivity contribution in [1.82, 2.24) is 14.7 Å². The Morgan fingerprint density at radius 3 is 2.43 bits per heavy atom. The second kappa shape index (κ2) is 11.4. The van der Waals surface area contributed by atoms with Crippen molar-refractivity contribution in [2.24, 2.45) is 5.92 Å². The van der Waals surface area contributed by atoms with Crippen molar-refractivity contribution in [3.63, 3.8) is 0 Å². The van der Waals surface area contributed by atoms with Gasteiger partial charge in [0.25, 0.3) is 11.6 Å². The number of amides is 2. The minimum atomic E-state index is -0.540. The largest absolute Gasteiger partial charge is 0.329 e. The highest BCUT2D eigenvalue weighted by atomic mass is 16.6. The molecule has 0 unspecified atom stereocenters. The van der Waals surface area contributed by atoms with E-state index in [1.165, 1.54) is 29.2 Å². The van der Waals surface area contributed by atoms with Gasteiger partial charge in [-0.15, -0.1) is 0 Å². The molecule has 1 N–H and O–H groups in total. The molecule has 37 heavy (non-hydrogen) atoms. The molecule has 2 aromatic carbocycles. The van der Waals surface area contributed by atoms with Gasteiger partial charge in [-0.1, -0.05) is 58.9 Å². The number of carbonyl (C=O) groups excluding carboxylic acids is 2. The Bertz CT molecular complexity index is 1290. The van der Waals surface area contributed by atoms with Gasteiger partial charge >= 0.3 is 0 Å². The monoisotopic (exact) mass is 505 g/mol. The summed E-state index contributed by atoms with van der Waals surface area (Å²) in [4.78, 5) is 38.6. The van der Waals surface area contributed by atoms with Gasteiger partial charge in [-0.2, -0.15) is 5.10 Å². The van der Waals surface area contributed by atoms with E-state index in [0.717, 1.165) is 16.9 Å². The SMILES string of the molecule is Cc1ccccc1-n1nc(C(C)(C)C)cc1NC(=O)CN(CCC(C)C)C(=O)c1cccc([N+](=O)[O-])c1. The Balaban J connectivity index is 1.89. The van der Waals surface area contributed by atoms with E-state index in [1.54, 1.807) is 4.68 Å². The summed E-state index contributed by atoms with van der Waals surface area (Å²) in [6, 6.07) is 15.2. The lowest BCUT2D eigenvalue weighted by atomic mass is 9.92. The van der Waals surface area contributed by atoms with Gasteiger partial charge in [-0.25, -0.2) is 4.68 Å². The normalized spacial score (nSPS) is 11.4. The maximum atomic E-state index is 13.3. The lowest BCUT2D eigenvalue weighted by Crippen LogP contribution is -2.39. The number of aryl methyl sites for hydroxylation is 1. The van der Waals surface area contributed by atoms with Crippen LogP contribution < -0.4 is 5.32 Å². The second-order valence-corrected chi connectivity index (χ2v) is 10.6. The van der Waals surface area contributed by atoms with Crippen molar-refractivity contribution >= 4 is 23.3 Å². The quantitative estimate of drug-likeness (QED) is 0.304. The number of benzene rings is 2. The van der Waals surface area contributed by atoms with Crippen LogP contribution in [0.1, 0.15) is 62.7 Å². The zero-order valence-corrected chi connectivity index (χ0v) is 22.3. The molecule has 0 atom stereocenters. The van der Waals surface area contributed by atoms with Gasteiger partial charge in [-0.05, 0) is 37.0 Å². The first kappa shape index (κ1) is 27.6. The molecular weight excluding hydrogens is 470 g/mol. The molecule has 0 aliphatic carbocycles. The van der Waals surface area contributed by atoms with Crippen LogP contribution >= 0.6 is 0 Å². The molecule has 0 bridgehead atoms. The molecule has 9 nitrogen and oxygen atoms in total. The standard InChI is InChI=1S/C28H35N5O4/c1-19(2)14-15-31(27(35)21-11-9-12-22(16-21)33(36)37)18-26(34)29-25-17-24(28(4,5)6)30-32(25)23-13-8-7-10-20(23)3/h7-13,16-17,19H,14-15,18H2,1-6H3,(H,29,34). The van der Waals surface area contributed by atoms with E-state index in [2.05, 4.69) is 26.1 Å².